The molecule has 7 atom stereocenters. The lowest BCUT2D eigenvalue weighted by molar-refractivity contribution is -0.123. The minimum Gasteiger partial charge on any atom is -0.497 e. The molecule has 45 heavy (non-hydrogen) atoms. The summed E-state index contributed by atoms with van der Waals surface area (Å²) < 4.78 is 6.78. The van der Waals surface area contributed by atoms with Crippen molar-refractivity contribution < 1.29 is 19.1 Å². The van der Waals surface area contributed by atoms with Gasteiger partial charge in [-0.15, -0.1) is 11.8 Å². The SMILES string of the molecule is COc1ccc(NC(=O)Cn2c3c(sc2=O)C(c2ccc(Cl)cc2)C2C4CC(C2S3)C2C(=O)N(c3ccccc3)C(=O)C42)cc1. The Kier molecular flexibility index (Phi) is 6.92. The topological polar surface area (TPSA) is 97.7 Å². The van der Waals surface area contributed by atoms with Crippen molar-refractivity contribution in [3.63, 3.8) is 0 Å². The highest BCUT2D eigenvalue weighted by molar-refractivity contribution is 8.00. The van der Waals surface area contributed by atoms with Crippen LogP contribution < -0.4 is 19.8 Å². The van der Waals surface area contributed by atoms with Crippen molar-refractivity contribution in [3.8, 4) is 5.75 Å². The molecule has 7 unspecified atom stereocenters. The average Bonchev–Trinajstić information content (AvgIpc) is 3.77. The number of ether oxygens (including phenoxy) is 1. The zero-order valence-corrected chi connectivity index (χ0v) is 26.5. The van der Waals surface area contributed by atoms with Crippen LogP contribution in [0.4, 0.5) is 11.4 Å². The third-order valence-electron chi connectivity index (χ3n) is 9.87. The van der Waals surface area contributed by atoms with Crippen LogP contribution in [0.5, 0.6) is 5.75 Å². The molecule has 4 aliphatic rings. The summed E-state index contributed by atoms with van der Waals surface area (Å²) in [6.45, 7) is -0.131. The molecule has 3 fully saturated rings. The number of hydrogen-bond donors (Lipinski definition) is 1. The van der Waals surface area contributed by atoms with E-state index in [1.807, 2.05) is 54.6 Å². The number of rotatable bonds is 6. The first-order valence-electron chi connectivity index (χ1n) is 14.9. The Morgan fingerprint density at radius 2 is 1.62 bits per heavy atom. The lowest BCUT2D eigenvalue weighted by Crippen LogP contribution is -2.43. The highest BCUT2D eigenvalue weighted by Gasteiger charge is 2.69. The highest BCUT2D eigenvalue weighted by atomic mass is 35.5. The van der Waals surface area contributed by atoms with Crippen LogP contribution in [-0.4, -0.2) is 34.6 Å². The van der Waals surface area contributed by atoms with Crippen molar-refractivity contribution >= 4 is 63.8 Å². The molecule has 3 aromatic carbocycles. The largest absolute Gasteiger partial charge is 0.497 e. The smallest absolute Gasteiger partial charge is 0.308 e. The fourth-order valence-electron chi connectivity index (χ4n) is 8.15. The van der Waals surface area contributed by atoms with Gasteiger partial charge in [0.15, 0.2) is 0 Å². The minimum atomic E-state index is -0.388. The molecule has 11 heteroatoms. The number of thiazole rings is 1. The molecule has 2 bridgehead atoms. The van der Waals surface area contributed by atoms with E-state index in [0.29, 0.717) is 22.1 Å². The number of nitrogens with zero attached hydrogens (tertiary/aromatic N) is 2. The van der Waals surface area contributed by atoms with Gasteiger partial charge in [-0.1, -0.05) is 53.3 Å². The number of nitrogens with one attached hydrogen (secondary N) is 1. The molecule has 2 saturated carbocycles. The third-order valence-corrected chi connectivity index (χ3v) is 12.9. The van der Waals surface area contributed by atoms with Gasteiger partial charge in [0.05, 0.1) is 29.7 Å². The number of halogens is 1. The van der Waals surface area contributed by atoms with E-state index >= 15 is 0 Å². The van der Waals surface area contributed by atoms with Gasteiger partial charge >= 0.3 is 4.87 Å². The predicted octanol–water partition coefficient (Wildman–Crippen LogP) is 5.89. The minimum absolute atomic E-state index is 0.000475. The Bertz CT molecular complexity index is 1890. The first-order valence-corrected chi connectivity index (χ1v) is 16.9. The number of fused-ring (bicyclic) bond motifs is 9. The molecule has 8 rings (SSSR count). The first kappa shape index (κ1) is 28.6. The standard InChI is InChI=1S/C34H28ClN3O5S2/c1-43-21-13-11-19(12-14-21)36-24(39)16-37-33-30(45-34(37)42)25(17-7-9-18(35)10-8-17)26-22-15-23(29(26)44-33)28-27(22)31(40)38(32(28)41)20-5-3-2-4-6-20/h2-14,22-23,25-29H,15-16H2,1H3,(H,36,39). The van der Waals surface area contributed by atoms with Crippen molar-refractivity contribution in [2.45, 2.75) is 29.2 Å². The number of hydrogen-bond acceptors (Lipinski definition) is 7. The summed E-state index contributed by atoms with van der Waals surface area (Å²) in [5.74, 6) is -0.753. The third kappa shape index (κ3) is 4.48. The summed E-state index contributed by atoms with van der Waals surface area (Å²) >= 11 is 9.07. The second kappa shape index (κ2) is 10.9. The summed E-state index contributed by atoms with van der Waals surface area (Å²) in [5.41, 5.74) is 2.24. The molecule has 1 aromatic heterocycles. The number of methoxy groups -OCH3 is 1. The van der Waals surface area contributed by atoms with Crippen molar-refractivity contribution in [3.05, 3.63) is 104 Å². The van der Waals surface area contributed by atoms with Crippen LogP contribution in [0.15, 0.2) is 88.7 Å². The van der Waals surface area contributed by atoms with Crippen LogP contribution in [0.2, 0.25) is 5.02 Å². The Balaban J connectivity index is 1.16. The lowest BCUT2D eigenvalue weighted by atomic mass is 9.68. The van der Waals surface area contributed by atoms with Crippen LogP contribution >= 0.6 is 34.7 Å². The molecule has 0 radical (unpaired) electrons. The van der Waals surface area contributed by atoms with E-state index in [9.17, 15) is 19.2 Å². The predicted molar refractivity (Wildman–Crippen MR) is 174 cm³/mol. The molecule has 3 heterocycles. The second-order valence-corrected chi connectivity index (χ2v) is 14.6. The summed E-state index contributed by atoms with van der Waals surface area (Å²) in [5, 5.41) is 4.29. The number of thioether (sulfide) groups is 1. The number of aromatic nitrogens is 1. The second-order valence-electron chi connectivity index (χ2n) is 12.1. The quantitative estimate of drug-likeness (QED) is 0.260. The molecule has 3 amide bonds. The molecule has 4 aromatic rings. The van der Waals surface area contributed by atoms with E-state index in [1.54, 1.807) is 47.7 Å². The maximum Gasteiger partial charge on any atom is 0.308 e. The summed E-state index contributed by atoms with van der Waals surface area (Å²) in [6, 6.07) is 23.9. The van der Waals surface area contributed by atoms with Gasteiger partial charge in [0.1, 0.15) is 12.3 Å². The van der Waals surface area contributed by atoms with Gasteiger partial charge in [0, 0.05) is 26.8 Å². The normalized spacial score (nSPS) is 27.7. The number of imide groups is 1. The molecule has 2 aliphatic heterocycles. The summed E-state index contributed by atoms with van der Waals surface area (Å²) in [7, 11) is 1.58. The molecular weight excluding hydrogens is 630 g/mol. The van der Waals surface area contributed by atoms with E-state index in [-0.39, 0.29) is 69.9 Å². The number of carbonyl (C=O) groups excluding carboxylic acids is 3. The zero-order valence-electron chi connectivity index (χ0n) is 24.1. The number of anilines is 2. The summed E-state index contributed by atoms with van der Waals surface area (Å²) in [4.78, 5) is 56.7. The van der Waals surface area contributed by atoms with Gasteiger partial charge in [-0.3, -0.25) is 28.6 Å². The van der Waals surface area contributed by atoms with Gasteiger partial charge in [-0.05, 0) is 78.3 Å². The maximum absolute atomic E-state index is 13.9. The van der Waals surface area contributed by atoms with E-state index in [4.69, 9.17) is 16.3 Å². The number of benzene rings is 3. The molecule has 8 nitrogen and oxygen atoms in total. The van der Waals surface area contributed by atoms with E-state index in [2.05, 4.69) is 5.32 Å². The van der Waals surface area contributed by atoms with Crippen molar-refractivity contribution in [2.75, 3.05) is 17.3 Å². The van der Waals surface area contributed by atoms with Crippen molar-refractivity contribution in [1.29, 1.82) is 0 Å². The Morgan fingerprint density at radius 1 is 0.933 bits per heavy atom. The Hall–Kier alpha value is -3.86. The number of carbonyl (C=O) groups is 3. The van der Waals surface area contributed by atoms with Crippen LogP contribution in [0.25, 0.3) is 0 Å². The molecular formula is C34H28ClN3O5S2. The van der Waals surface area contributed by atoms with E-state index in [1.165, 1.54) is 16.2 Å². The van der Waals surface area contributed by atoms with Gasteiger partial charge in [0.25, 0.3) is 0 Å². The van der Waals surface area contributed by atoms with Crippen molar-refractivity contribution in [2.24, 2.45) is 29.6 Å². The zero-order chi connectivity index (χ0) is 31.0. The Morgan fingerprint density at radius 3 is 2.31 bits per heavy atom. The highest BCUT2D eigenvalue weighted by Crippen LogP contribution is 2.69. The fourth-order valence-corrected chi connectivity index (χ4v) is 11.4. The van der Waals surface area contributed by atoms with Gasteiger partial charge in [-0.2, -0.15) is 0 Å². The van der Waals surface area contributed by atoms with Crippen LogP contribution in [0.3, 0.4) is 0 Å². The van der Waals surface area contributed by atoms with Gasteiger partial charge in [0.2, 0.25) is 17.7 Å². The monoisotopic (exact) mass is 657 g/mol. The maximum atomic E-state index is 13.9. The first-order chi connectivity index (χ1) is 21.8. The van der Waals surface area contributed by atoms with Crippen LogP contribution in [0, 0.1) is 29.6 Å². The van der Waals surface area contributed by atoms with E-state index < -0.39 is 0 Å². The van der Waals surface area contributed by atoms with Gasteiger partial charge in [-0.25, -0.2) is 0 Å². The van der Waals surface area contributed by atoms with Gasteiger partial charge < -0.3 is 10.1 Å². The molecule has 2 aliphatic carbocycles. The number of para-hydroxylation sites is 1. The van der Waals surface area contributed by atoms with E-state index in [0.717, 1.165) is 21.9 Å². The van der Waals surface area contributed by atoms with Crippen molar-refractivity contribution in [1.82, 2.24) is 4.57 Å². The molecule has 1 N–H and O–H groups in total. The molecule has 228 valence electrons. The number of amides is 3. The average molecular weight is 658 g/mol. The fraction of sp³-hybridized carbons (Fsp3) is 0.294. The van der Waals surface area contributed by atoms with Crippen LogP contribution in [0.1, 0.15) is 22.8 Å². The molecule has 0 spiro atoms. The molecule has 1 saturated heterocycles. The Labute approximate surface area is 272 Å². The van der Waals surface area contributed by atoms with Crippen LogP contribution in [-0.2, 0) is 20.9 Å². The lowest BCUT2D eigenvalue weighted by Gasteiger charge is -2.43. The summed E-state index contributed by atoms with van der Waals surface area (Å²) in [6.07, 6.45) is 0.791.